The van der Waals surface area contributed by atoms with Crippen molar-refractivity contribution in [1.82, 2.24) is 19.1 Å². The highest BCUT2D eigenvalue weighted by Crippen LogP contribution is 2.15. The molecule has 2 aromatic heterocycles. The maximum absolute atomic E-state index is 13.3. The molecule has 27 heavy (non-hydrogen) atoms. The predicted molar refractivity (Wildman–Crippen MR) is 106 cm³/mol. The number of benzene rings is 2. The van der Waals surface area contributed by atoms with Crippen molar-refractivity contribution >= 4 is 11.2 Å². The quantitative estimate of drug-likeness (QED) is 0.608. The maximum Gasteiger partial charge on any atom is 0.337 e. The van der Waals surface area contributed by atoms with Crippen molar-refractivity contribution < 1.29 is 0 Å². The third-order valence-corrected chi connectivity index (χ3v) is 4.84. The van der Waals surface area contributed by atoms with Crippen LogP contribution in [-0.4, -0.2) is 19.1 Å². The zero-order valence-electron chi connectivity index (χ0n) is 15.3. The molecule has 4 aromatic rings. The second-order valence-corrected chi connectivity index (χ2v) is 6.57. The summed E-state index contributed by atoms with van der Waals surface area (Å²) in [5, 5.41) is 0. The van der Waals surface area contributed by atoms with Crippen LogP contribution in [0.25, 0.3) is 16.9 Å². The lowest BCUT2D eigenvalue weighted by Gasteiger charge is -2.13. The van der Waals surface area contributed by atoms with Crippen LogP contribution in [0.15, 0.2) is 64.4 Å². The van der Waals surface area contributed by atoms with Gasteiger partial charge in [0.25, 0.3) is 5.56 Å². The summed E-state index contributed by atoms with van der Waals surface area (Å²) < 4.78 is 2.76. The maximum atomic E-state index is 13.3. The summed E-state index contributed by atoms with van der Waals surface area (Å²) >= 11 is 0. The Hall–Kier alpha value is -3.41. The molecule has 0 aliphatic rings. The van der Waals surface area contributed by atoms with Crippen molar-refractivity contribution in [3.8, 4) is 5.69 Å². The topological polar surface area (TPSA) is 72.7 Å². The lowest BCUT2D eigenvalue weighted by molar-refractivity contribution is 0.682. The van der Waals surface area contributed by atoms with Crippen LogP contribution in [-0.2, 0) is 13.0 Å². The molecule has 6 nitrogen and oxygen atoms in total. The van der Waals surface area contributed by atoms with Gasteiger partial charge in [-0.15, -0.1) is 0 Å². The van der Waals surface area contributed by atoms with Crippen LogP contribution in [0.1, 0.15) is 23.6 Å². The zero-order valence-corrected chi connectivity index (χ0v) is 15.3. The molecule has 2 aromatic carbocycles. The van der Waals surface area contributed by atoms with Gasteiger partial charge < -0.3 is 4.98 Å². The third kappa shape index (κ3) is 2.89. The Labute approximate surface area is 155 Å². The van der Waals surface area contributed by atoms with Crippen LogP contribution in [0, 0.1) is 6.92 Å². The zero-order chi connectivity index (χ0) is 19.0. The normalized spacial score (nSPS) is 11.2. The van der Waals surface area contributed by atoms with Gasteiger partial charge in [-0.05, 0) is 36.1 Å². The highest BCUT2D eigenvalue weighted by atomic mass is 16.2. The average molecular weight is 360 g/mol. The van der Waals surface area contributed by atoms with E-state index in [1.165, 1.54) is 21.0 Å². The summed E-state index contributed by atoms with van der Waals surface area (Å²) in [4.78, 5) is 33.2. The largest absolute Gasteiger partial charge is 0.339 e. The second-order valence-electron chi connectivity index (χ2n) is 6.57. The number of imidazole rings is 1. The summed E-state index contributed by atoms with van der Waals surface area (Å²) in [5.74, 6) is 0. The van der Waals surface area contributed by atoms with E-state index >= 15 is 0 Å². The first-order chi connectivity index (χ1) is 13.1. The van der Waals surface area contributed by atoms with E-state index in [2.05, 4.69) is 16.9 Å². The number of para-hydroxylation sites is 1. The SMILES string of the molecule is CCc1ccc(Cn2c(=O)c3[nH]cnc3n(-c3ccccc3C)c2=O)cc1. The summed E-state index contributed by atoms with van der Waals surface area (Å²) in [6, 6.07) is 15.5. The number of hydrogen-bond donors (Lipinski definition) is 1. The Morgan fingerprint density at radius 2 is 1.70 bits per heavy atom. The van der Waals surface area contributed by atoms with Crippen molar-refractivity contribution in [1.29, 1.82) is 0 Å². The van der Waals surface area contributed by atoms with E-state index in [0.717, 1.165) is 23.2 Å². The smallest absolute Gasteiger partial charge is 0.337 e. The van der Waals surface area contributed by atoms with Crippen molar-refractivity contribution in [3.05, 3.63) is 92.4 Å². The van der Waals surface area contributed by atoms with E-state index in [-0.39, 0.29) is 12.1 Å². The van der Waals surface area contributed by atoms with Crippen molar-refractivity contribution in [3.63, 3.8) is 0 Å². The van der Waals surface area contributed by atoms with E-state index in [4.69, 9.17) is 0 Å². The number of aromatic amines is 1. The molecule has 2 heterocycles. The molecule has 4 rings (SSSR count). The number of H-pyrrole nitrogens is 1. The first-order valence-electron chi connectivity index (χ1n) is 8.93. The Bertz CT molecular complexity index is 1230. The van der Waals surface area contributed by atoms with Crippen LogP contribution in [0.2, 0.25) is 0 Å². The molecule has 0 radical (unpaired) electrons. The van der Waals surface area contributed by atoms with Crippen LogP contribution in [0.3, 0.4) is 0 Å². The molecule has 0 bridgehead atoms. The summed E-state index contributed by atoms with van der Waals surface area (Å²) in [5.41, 5.74) is 3.68. The van der Waals surface area contributed by atoms with Crippen LogP contribution in [0.4, 0.5) is 0 Å². The lowest BCUT2D eigenvalue weighted by Crippen LogP contribution is -2.40. The van der Waals surface area contributed by atoms with E-state index < -0.39 is 5.69 Å². The van der Waals surface area contributed by atoms with Gasteiger partial charge in [0.1, 0.15) is 5.52 Å². The molecule has 6 heteroatoms. The van der Waals surface area contributed by atoms with Gasteiger partial charge in [0.2, 0.25) is 0 Å². The Morgan fingerprint density at radius 1 is 1.00 bits per heavy atom. The number of nitrogens with one attached hydrogen (secondary N) is 1. The van der Waals surface area contributed by atoms with E-state index in [1.807, 2.05) is 55.5 Å². The molecular weight excluding hydrogens is 340 g/mol. The number of aryl methyl sites for hydroxylation is 2. The Balaban J connectivity index is 1.95. The van der Waals surface area contributed by atoms with E-state index in [9.17, 15) is 9.59 Å². The average Bonchev–Trinajstić information content (AvgIpc) is 3.17. The molecule has 1 N–H and O–H groups in total. The van der Waals surface area contributed by atoms with Gasteiger partial charge in [0, 0.05) is 0 Å². The first-order valence-corrected chi connectivity index (χ1v) is 8.93. The second kappa shape index (κ2) is 6.72. The standard InChI is InChI=1S/C21H20N4O2/c1-3-15-8-10-16(11-9-15)12-24-20(26)18-19(23-13-22-18)25(21(24)27)17-7-5-4-6-14(17)2/h4-11,13H,3,12H2,1-2H3,(H,22,23). The molecule has 0 fully saturated rings. The van der Waals surface area contributed by atoms with Gasteiger partial charge in [-0.1, -0.05) is 49.4 Å². The Morgan fingerprint density at radius 3 is 2.41 bits per heavy atom. The first kappa shape index (κ1) is 17.0. The van der Waals surface area contributed by atoms with Crippen LogP contribution in [0.5, 0.6) is 0 Å². The molecular formula is C21H20N4O2. The summed E-state index contributed by atoms with van der Waals surface area (Å²) in [7, 11) is 0. The molecule has 0 unspecified atom stereocenters. The molecule has 0 saturated carbocycles. The lowest BCUT2D eigenvalue weighted by atomic mass is 10.1. The fourth-order valence-corrected chi connectivity index (χ4v) is 3.28. The van der Waals surface area contributed by atoms with Crippen LogP contribution >= 0.6 is 0 Å². The summed E-state index contributed by atoms with van der Waals surface area (Å²) in [6.45, 7) is 4.23. The Kier molecular flexibility index (Phi) is 4.24. The predicted octanol–water partition coefficient (Wildman–Crippen LogP) is 2.79. The van der Waals surface area contributed by atoms with Gasteiger partial charge in [0.15, 0.2) is 5.65 Å². The molecule has 0 atom stereocenters. The number of rotatable bonds is 4. The van der Waals surface area contributed by atoms with Crippen molar-refractivity contribution in [2.24, 2.45) is 0 Å². The number of nitrogens with zero attached hydrogens (tertiary/aromatic N) is 3. The van der Waals surface area contributed by atoms with Gasteiger partial charge in [-0.3, -0.25) is 9.36 Å². The fraction of sp³-hybridized carbons (Fsp3) is 0.190. The van der Waals surface area contributed by atoms with E-state index in [1.54, 1.807) is 0 Å². The minimum atomic E-state index is -0.395. The van der Waals surface area contributed by atoms with Crippen molar-refractivity contribution in [2.45, 2.75) is 26.8 Å². The van der Waals surface area contributed by atoms with Gasteiger partial charge in [-0.2, -0.15) is 0 Å². The highest BCUT2D eigenvalue weighted by Gasteiger charge is 2.17. The monoisotopic (exact) mass is 360 g/mol. The molecule has 136 valence electrons. The van der Waals surface area contributed by atoms with Crippen molar-refractivity contribution in [2.75, 3.05) is 0 Å². The highest BCUT2D eigenvalue weighted by molar-refractivity contribution is 5.71. The number of aromatic nitrogens is 4. The third-order valence-electron chi connectivity index (χ3n) is 4.84. The fourth-order valence-electron chi connectivity index (χ4n) is 3.28. The molecule has 0 aliphatic heterocycles. The van der Waals surface area contributed by atoms with Gasteiger partial charge >= 0.3 is 5.69 Å². The molecule has 0 aliphatic carbocycles. The van der Waals surface area contributed by atoms with Gasteiger partial charge in [-0.25, -0.2) is 14.3 Å². The van der Waals surface area contributed by atoms with Crippen LogP contribution < -0.4 is 11.2 Å². The number of hydrogen-bond acceptors (Lipinski definition) is 3. The number of fused-ring (bicyclic) bond motifs is 1. The van der Waals surface area contributed by atoms with E-state index in [0.29, 0.717) is 11.2 Å². The van der Waals surface area contributed by atoms with Gasteiger partial charge in [0.05, 0.1) is 18.6 Å². The molecule has 0 saturated heterocycles. The summed E-state index contributed by atoms with van der Waals surface area (Å²) in [6.07, 6.45) is 2.39. The minimum absolute atomic E-state index is 0.211. The minimum Gasteiger partial charge on any atom is -0.339 e. The molecule has 0 amide bonds. The molecule has 0 spiro atoms.